The topological polar surface area (TPSA) is 65.1 Å². The number of carbonyl (C=O) groups excluding carboxylic acids is 2. The maximum absolute atomic E-state index is 12.1. The number of methoxy groups -OCH3 is 1. The zero-order valence-corrected chi connectivity index (χ0v) is 12.7. The van der Waals surface area contributed by atoms with Crippen molar-refractivity contribution in [2.45, 2.75) is 12.5 Å². The molecule has 1 fully saturated rings. The molecule has 0 aromatic heterocycles. The van der Waals surface area contributed by atoms with Gasteiger partial charge in [-0.3, -0.25) is 4.79 Å². The summed E-state index contributed by atoms with van der Waals surface area (Å²) in [5, 5.41) is 0. The second kappa shape index (κ2) is 6.62. The van der Waals surface area contributed by atoms with Crippen LogP contribution in [-0.2, 0) is 20.7 Å². The lowest BCUT2D eigenvalue weighted by molar-refractivity contribution is -0.133. The molecule has 1 saturated heterocycles. The van der Waals surface area contributed by atoms with Crippen LogP contribution < -0.4 is 4.74 Å². The number of ether oxygens (including phenoxy) is 3. The summed E-state index contributed by atoms with van der Waals surface area (Å²) in [7, 11) is 1.29. The van der Waals surface area contributed by atoms with E-state index >= 15 is 0 Å². The number of carbonyl (C=O) groups is 2. The van der Waals surface area contributed by atoms with E-state index in [9.17, 15) is 9.59 Å². The molecule has 5 heteroatoms. The Labute approximate surface area is 133 Å². The zero-order valence-electron chi connectivity index (χ0n) is 12.7. The van der Waals surface area contributed by atoms with Gasteiger partial charge in [0.2, 0.25) is 0 Å². The third kappa shape index (κ3) is 3.76. The van der Waals surface area contributed by atoms with Gasteiger partial charge in [0.1, 0.15) is 17.4 Å². The van der Waals surface area contributed by atoms with Gasteiger partial charge in [-0.2, -0.15) is 0 Å². The van der Waals surface area contributed by atoms with Crippen LogP contribution >= 0.6 is 0 Å². The zero-order chi connectivity index (χ0) is 16.2. The molecule has 0 N–H and O–H groups in total. The summed E-state index contributed by atoms with van der Waals surface area (Å²) in [6, 6.07) is 14.3. The molecule has 0 radical (unpaired) electrons. The first-order chi connectivity index (χ1) is 11.2. The fraction of sp³-hybridized carbons (Fsp3) is 0.222. The predicted molar refractivity (Wildman–Crippen MR) is 82.3 cm³/mol. The average Bonchev–Trinajstić information content (AvgIpc) is 3.40. The van der Waals surface area contributed by atoms with Gasteiger partial charge in [-0.1, -0.05) is 36.4 Å². The Bertz CT molecular complexity index is 719. The summed E-state index contributed by atoms with van der Waals surface area (Å²) >= 11 is 0. The Balaban J connectivity index is 1.78. The highest BCUT2D eigenvalue weighted by molar-refractivity contribution is 5.93. The van der Waals surface area contributed by atoms with Gasteiger partial charge in [0, 0.05) is 0 Å². The summed E-state index contributed by atoms with van der Waals surface area (Å²) < 4.78 is 15.3. The highest BCUT2D eigenvalue weighted by Crippen LogP contribution is 2.33. The molecule has 0 spiro atoms. The Morgan fingerprint density at radius 2 is 1.91 bits per heavy atom. The maximum Gasteiger partial charge on any atom is 0.341 e. The van der Waals surface area contributed by atoms with E-state index in [1.165, 1.54) is 7.11 Å². The minimum atomic E-state index is -0.546. The summed E-state index contributed by atoms with van der Waals surface area (Å²) in [4.78, 5) is 24.0. The molecular formula is C18H16O5. The number of rotatable bonds is 5. The molecule has 118 valence electrons. The third-order valence-corrected chi connectivity index (χ3v) is 3.53. The standard InChI is InChI=1S/C18H16O5/c1-21-18(20)14-10-13(16-11-22-16)7-8-15(14)23-17(19)9-12-5-3-2-4-6-12/h2-8,10,16H,9,11H2,1H3/t16-/m1/s1. The van der Waals surface area contributed by atoms with E-state index in [1.54, 1.807) is 18.2 Å². The van der Waals surface area contributed by atoms with Crippen LogP contribution in [0.4, 0.5) is 0 Å². The van der Waals surface area contributed by atoms with Crippen LogP contribution in [0.3, 0.4) is 0 Å². The van der Waals surface area contributed by atoms with Gasteiger partial charge >= 0.3 is 11.9 Å². The molecule has 0 bridgehead atoms. The first kappa shape index (κ1) is 15.2. The SMILES string of the molecule is COC(=O)c1cc([C@H]2CO2)ccc1OC(=O)Cc1ccccc1. The van der Waals surface area contributed by atoms with Crippen LogP contribution in [0.5, 0.6) is 5.75 Å². The number of hydrogen-bond donors (Lipinski definition) is 0. The minimum absolute atomic E-state index is 0.00692. The van der Waals surface area contributed by atoms with Gasteiger partial charge < -0.3 is 14.2 Å². The van der Waals surface area contributed by atoms with Gasteiger partial charge in [0.25, 0.3) is 0 Å². The van der Waals surface area contributed by atoms with Gasteiger partial charge in [-0.15, -0.1) is 0 Å². The van der Waals surface area contributed by atoms with E-state index in [1.807, 2.05) is 30.3 Å². The summed E-state index contributed by atoms with van der Waals surface area (Å²) in [5.41, 5.74) is 1.94. The van der Waals surface area contributed by atoms with Crippen molar-refractivity contribution in [3.63, 3.8) is 0 Å². The van der Waals surface area contributed by atoms with Crippen LogP contribution in [0.2, 0.25) is 0 Å². The van der Waals surface area contributed by atoms with Crippen molar-refractivity contribution in [3.05, 3.63) is 65.2 Å². The van der Waals surface area contributed by atoms with Crippen LogP contribution in [0, 0.1) is 0 Å². The van der Waals surface area contributed by atoms with E-state index in [-0.39, 0.29) is 23.8 Å². The average molecular weight is 312 g/mol. The van der Waals surface area contributed by atoms with Crippen molar-refractivity contribution in [1.29, 1.82) is 0 Å². The Morgan fingerprint density at radius 3 is 2.57 bits per heavy atom. The molecule has 1 atom stereocenters. The van der Waals surface area contributed by atoms with Crippen LogP contribution in [0.25, 0.3) is 0 Å². The molecule has 23 heavy (non-hydrogen) atoms. The van der Waals surface area contributed by atoms with Crippen LogP contribution in [0.15, 0.2) is 48.5 Å². The molecule has 3 rings (SSSR count). The van der Waals surface area contributed by atoms with E-state index in [4.69, 9.17) is 14.2 Å². The van der Waals surface area contributed by atoms with Crippen molar-refractivity contribution >= 4 is 11.9 Å². The van der Waals surface area contributed by atoms with Gasteiger partial charge in [0.05, 0.1) is 20.1 Å². The van der Waals surface area contributed by atoms with Crippen LogP contribution in [-0.4, -0.2) is 25.7 Å². The Kier molecular flexibility index (Phi) is 4.39. The molecule has 1 heterocycles. The van der Waals surface area contributed by atoms with E-state index in [0.717, 1.165) is 11.1 Å². The van der Waals surface area contributed by atoms with Gasteiger partial charge in [0.15, 0.2) is 0 Å². The molecule has 2 aromatic rings. The fourth-order valence-electron chi connectivity index (χ4n) is 2.27. The molecule has 2 aromatic carbocycles. The molecular weight excluding hydrogens is 296 g/mol. The normalized spacial score (nSPS) is 15.8. The number of benzene rings is 2. The smallest absolute Gasteiger partial charge is 0.341 e. The predicted octanol–water partition coefficient (Wildman–Crippen LogP) is 2.69. The number of esters is 2. The lowest BCUT2D eigenvalue weighted by Crippen LogP contribution is -2.14. The quantitative estimate of drug-likeness (QED) is 0.482. The van der Waals surface area contributed by atoms with Crippen molar-refractivity contribution in [2.75, 3.05) is 13.7 Å². The third-order valence-electron chi connectivity index (χ3n) is 3.53. The Hall–Kier alpha value is -2.66. The van der Waals surface area contributed by atoms with Gasteiger partial charge in [-0.05, 0) is 23.3 Å². The Morgan fingerprint density at radius 1 is 1.17 bits per heavy atom. The first-order valence-electron chi connectivity index (χ1n) is 7.26. The highest BCUT2D eigenvalue weighted by atomic mass is 16.6. The fourth-order valence-corrected chi connectivity index (χ4v) is 2.27. The summed E-state index contributed by atoms with van der Waals surface area (Å²) in [5.74, 6) is -0.783. The van der Waals surface area contributed by atoms with Crippen molar-refractivity contribution in [1.82, 2.24) is 0 Å². The number of hydrogen-bond acceptors (Lipinski definition) is 5. The van der Waals surface area contributed by atoms with E-state index in [0.29, 0.717) is 6.61 Å². The molecule has 0 unspecified atom stereocenters. The first-order valence-corrected chi connectivity index (χ1v) is 7.26. The lowest BCUT2D eigenvalue weighted by atomic mass is 10.1. The van der Waals surface area contributed by atoms with Crippen molar-refractivity contribution < 1.29 is 23.8 Å². The molecule has 0 saturated carbocycles. The summed E-state index contributed by atoms with van der Waals surface area (Å²) in [6.45, 7) is 0.633. The largest absolute Gasteiger partial charge is 0.465 e. The second-order valence-corrected chi connectivity index (χ2v) is 5.21. The van der Waals surface area contributed by atoms with Gasteiger partial charge in [-0.25, -0.2) is 4.79 Å². The molecule has 1 aliphatic heterocycles. The lowest BCUT2D eigenvalue weighted by Gasteiger charge is -2.10. The van der Waals surface area contributed by atoms with E-state index in [2.05, 4.69) is 0 Å². The van der Waals surface area contributed by atoms with Crippen molar-refractivity contribution in [2.24, 2.45) is 0 Å². The number of epoxide rings is 1. The molecule has 5 nitrogen and oxygen atoms in total. The molecule has 0 aliphatic carbocycles. The summed E-state index contributed by atoms with van der Waals surface area (Å²) in [6.07, 6.45) is 0.141. The van der Waals surface area contributed by atoms with Crippen LogP contribution in [0.1, 0.15) is 27.6 Å². The molecule has 1 aliphatic rings. The minimum Gasteiger partial charge on any atom is -0.465 e. The monoisotopic (exact) mass is 312 g/mol. The highest BCUT2D eigenvalue weighted by Gasteiger charge is 2.27. The second-order valence-electron chi connectivity index (χ2n) is 5.21. The van der Waals surface area contributed by atoms with Crippen molar-refractivity contribution in [3.8, 4) is 5.75 Å². The van der Waals surface area contributed by atoms with E-state index < -0.39 is 11.9 Å². The maximum atomic E-state index is 12.1. The molecule has 0 amide bonds.